The van der Waals surface area contributed by atoms with Crippen molar-refractivity contribution in [3.8, 4) is 0 Å². The van der Waals surface area contributed by atoms with Crippen LogP contribution in [-0.2, 0) is 9.53 Å². The van der Waals surface area contributed by atoms with Gasteiger partial charge in [0, 0.05) is 29.1 Å². The Kier molecular flexibility index (Phi) is 7.34. The van der Waals surface area contributed by atoms with Gasteiger partial charge in [0.25, 0.3) is 0 Å². The zero-order chi connectivity index (χ0) is 22.5. The molecule has 0 spiro atoms. The van der Waals surface area contributed by atoms with E-state index in [1.54, 1.807) is 6.20 Å². The molecule has 0 aliphatic carbocycles. The minimum absolute atomic E-state index is 0.165. The van der Waals surface area contributed by atoms with E-state index < -0.39 is 0 Å². The SMILES string of the molecule is COC(=O)CCCN1C(=S)N[C@H](c2ccccn2)[C@@H]1c1ccc(Sc2ccc(Cl)cc2)o1. The van der Waals surface area contributed by atoms with Crippen molar-refractivity contribution >= 4 is 46.7 Å². The summed E-state index contributed by atoms with van der Waals surface area (Å²) >= 11 is 13.2. The molecule has 2 aromatic heterocycles. The number of carbonyl (C=O) groups is 1. The molecule has 6 nitrogen and oxygen atoms in total. The zero-order valence-electron chi connectivity index (χ0n) is 17.4. The van der Waals surface area contributed by atoms with Crippen LogP contribution < -0.4 is 5.32 Å². The van der Waals surface area contributed by atoms with E-state index in [0.717, 1.165) is 21.4 Å². The van der Waals surface area contributed by atoms with Crippen LogP contribution in [0.4, 0.5) is 0 Å². The summed E-state index contributed by atoms with van der Waals surface area (Å²) in [5.41, 5.74) is 0.874. The molecule has 166 valence electrons. The molecule has 4 rings (SSSR count). The van der Waals surface area contributed by atoms with Gasteiger partial charge in [-0.05, 0) is 67.2 Å². The zero-order valence-corrected chi connectivity index (χ0v) is 19.8. The molecule has 1 saturated heterocycles. The maximum atomic E-state index is 11.6. The Labute approximate surface area is 201 Å². The van der Waals surface area contributed by atoms with Crippen molar-refractivity contribution in [3.05, 3.63) is 77.3 Å². The highest BCUT2D eigenvalue weighted by Gasteiger charge is 2.41. The molecule has 1 aliphatic heterocycles. The molecule has 2 atom stereocenters. The monoisotopic (exact) mass is 487 g/mol. The van der Waals surface area contributed by atoms with Gasteiger partial charge in [-0.2, -0.15) is 0 Å². The van der Waals surface area contributed by atoms with E-state index in [1.807, 2.05) is 54.6 Å². The molecule has 0 saturated carbocycles. The minimum atomic E-state index is -0.236. The number of nitrogens with one attached hydrogen (secondary N) is 1. The Morgan fingerprint density at radius 1 is 1.25 bits per heavy atom. The average Bonchev–Trinajstić information content (AvgIpc) is 3.40. The summed E-state index contributed by atoms with van der Waals surface area (Å²) in [7, 11) is 1.40. The molecule has 3 aromatic rings. The first-order valence-corrected chi connectivity index (χ1v) is 11.7. The number of benzene rings is 1. The van der Waals surface area contributed by atoms with Gasteiger partial charge in [0.2, 0.25) is 0 Å². The molecule has 0 radical (unpaired) electrons. The van der Waals surface area contributed by atoms with E-state index in [4.69, 9.17) is 33.0 Å². The van der Waals surface area contributed by atoms with Crippen molar-refractivity contribution < 1.29 is 13.9 Å². The summed E-state index contributed by atoms with van der Waals surface area (Å²) in [6, 6.07) is 17.0. The summed E-state index contributed by atoms with van der Waals surface area (Å²) in [6.45, 7) is 0.593. The molecular weight excluding hydrogens is 466 g/mol. The van der Waals surface area contributed by atoms with Crippen LogP contribution in [0.15, 0.2) is 75.2 Å². The number of furan rings is 1. The summed E-state index contributed by atoms with van der Waals surface area (Å²) in [6.07, 6.45) is 2.71. The standard InChI is InChI=1S/C23H22ClN3O3S2/c1-29-19(28)6-4-14-27-22(21(26-23(27)31)17-5-2-3-13-25-17)18-11-12-20(30-18)32-16-9-7-15(24)8-10-16/h2-3,5,7-13,21-22H,4,6,14H2,1H3,(H,26,31)/t21-,22+/m1/s1. The Balaban J connectivity index is 1.58. The van der Waals surface area contributed by atoms with Gasteiger partial charge in [0.05, 0.1) is 18.8 Å². The number of rotatable bonds is 8. The van der Waals surface area contributed by atoms with Crippen molar-refractivity contribution in [2.45, 2.75) is 34.9 Å². The predicted octanol–water partition coefficient (Wildman–Crippen LogP) is 5.40. The number of halogens is 1. The van der Waals surface area contributed by atoms with Crippen LogP contribution in [0.25, 0.3) is 0 Å². The first-order valence-electron chi connectivity index (χ1n) is 10.1. The number of nitrogens with zero attached hydrogens (tertiary/aromatic N) is 2. The maximum Gasteiger partial charge on any atom is 0.305 e. The highest BCUT2D eigenvalue weighted by atomic mass is 35.5. The lowest BCUT2D eigenvalue weighted by Gasteiger charge is -2.25. The Bertz CT molecular complexity index is 1080. The molecule has 1 fully saturated rings. The summed E-state index contributed by atoms with van der Waals surface area (Å²) < 4.78 is 11.0. The lowest BCUT2D eigenvalue weighted by Crippen LogP contribution is -2.30. The van der Waals surface area contributed by atoms with Gasteiger partial charge in [-0.3, -0.25) is 9.78 Å². The molecule has 0 amide bonds. The number of ether oxygens (including phenoxy) is 1. The number of methoxy groups -OCH3 is 1. The van der Waals surface area contributed by atoms with E-state index in [1.165, 1.54) is 18.9 Å². The van der Waals surface area contributed by atoms with Crippen molar-refractivity contribution in [1.29, 1.82) is 0 Å². The first kappa shape index (κ1) is 22.6. The quantitative estimate of drug-likeness (QED) is 0.334. The average molecular weight is 488 g/mol. The second-order valence-corrected chi connectivity index (χ2v) is 9.11. The maximum absolute atomic E-state index is 11.6. The summed E-state index contributed by atoms with van der Waals surface area (Å²) in [5, 5.41) is 5.46. The number of hydrogen-bond acceptors (Lipinski definition) is 6. The number of thiocarbonyl (C=S) groups is 1. The number of carbonyl (C=O) groups excluding carboxylic acids is 1. The lowest BCUT2D eigenvalue weighted by molar-refractivity contribution is -0.140. The van der Waals surface area contributed by atoms with Crippen LogP contribution in [-0.4, -0.2) is 34.6 Å². The van der Waals surface area contributed by atoms with Gasteiger partial charge in [-0.15, -0.1) is 0 Å². The van der Waals surface area contributed by atoms with Crippen LogP contribution in [0.2, 0.25) is 5.02 Å². The fraction of sp³-hybridized carbons (Fsp3) is 0.261. The predicted molar refractivity (Wildman–Crippen MR) is 128 cm³/mol. The number of hydrogen-bond donors (Lipinski definition) is 1. The number of esters is 1. The topological polar surface area (TPSA) is 67.6 Å². The van der Waals surface area contributed by atoms with E-state index >= 15 is 0 Å². The van der Waals surface area contributed by atoms with Gasteiger partial charge in [-0.1, -0.05) is 29.4 Å². The van der Waals surface area contributed by atoms with Crippen molar-refractivity contribution in [2.24, 2.45) is 0 Å². The van der Waals surface area contributed by atoms with E-state index in [9.17, 15) is 4.79 Å². The van der Waals surface area contributed by atoms with Crippen molar-refractivity contribution in [2.75, 3.05) is 13.7 Å². The van der Waals surface area contributed by atoms with Crippen molar-refractivity contribution in [1.82, 2.24) is 15.2 Å². The molecule has 9 heteroatoms. The summed E-state index contributed by atoms with van der Waals surface area (Å²) in [5.74, 6) is 0.545. The molecule has 32 heavy (non-hydrogen) atoms. The van der Waals surface area contributed by atoms with Crippen LogP contribution >= 0.6 is 35.6 Å². The van der Waals surface area contributed by atoms with Gasteiger partial charge >= 0.3 is 5.97 Å². The molecule has 1 aliphatic rings. The first-order chi connectivity index (χ1) is 15.5. The van der Waals surface area contributed by atoms with Crippen LogP contribution in [0, 0.1) is 0 Å². The molecule has 0 unspecified atom stereocenters. The van der Waals surface area contributed by atoms with Gasteiger partial charge in [-0.25, -0.2) is 0 Å². The lowest BCUT2D eigenvalue weighted by atomic mass is 10.0. The van der Waals surface area contributed by atoms with Crippen LogP contribution in [0.5, 0.6) is 0 Å². The highest BCUT2D eigenvalue weighted by molar-refractivity contribution is 7.99. The van der Waals surface area contributed by atoms with Gasteiger partial charge < -0.3 is 19.4 Å². The van der Waals surface area contributed by atoms with E-state index in [-0.39, 0.29) is 18.1 Å². The summed E-state index contributed by atoms with van der Waals surface area (Å²) in [4.78, 5) is 19.2. The van der Waals surface area contributed by atoms with E-state index in [0.29, 0.717) is 29.5 Å². The second kappa shape index (κ2) is 10.4. The Morgan fingerprint density at radius 3 is 2.78 bits per heavy atom. The minimum Gasteiger partial charge on any atom is -0.469 e. The number of pyridine rings is 1. The molecule has 3 heterocycles. The van der Waals surface area contributed by atoms with Crippen LogP contribution in [0.3, 0.4) is 0 Å². The Morgan fingerprint density at radius 2 is 2.06 bits per heavy atom. The molecule has 1 aromatic carbocycles. The third-order valence-electron chi connectivity index (χ3n) is 5.13. The van der Waals surface area contributed by atoms with Gasteiger partial charge in [0.1, 0.15) is 11.8 Å². The normalized spacial score (nSPS) is 17.9. The fourth-order valence-electron chi connectivity index (χ4n) is 3.62. The van der Waals surface area contributed by atoms with E-state index in [2.05, 4.69) is 15.2 Å². The number of aromatic nitrogens is 1. The molecule has 0 bridgehead atoms. The molecule has 1 N–H and O–H groups in total. The third-order valence-corrected chi connectivity index (χ3v) is 6.66. The molecular formula is C23H22ClN3O3S2. The fourth-order valence-corrected chi connectivity index (χ4v) is 4.85. The highest BCUT2D eigenvalue weighted by Crippen LogP contribution is 2.41. The van der Waals surface area contributed by atoms with Crippen LogP contribution in [0.1, 0.15) is 36.4 Å². The smallest absolute Gasteiger partial charge is 0.305 e. The second-order valence-electron chi connectivity index (χ2n) is 7.21. The third kappa shape index (κ3) is 5.26. The van der Waals surface area contributed by atoms with Gasteiger partial charge in [0.15, 0.2) is 10.2 Å². The van der Waals surface area contributed by atoms with Crippen molar-refractivity contribution in [3.63, 3.8) is 0 Å². The Hall–Kier alpha value is -2.55. The largest absolute Gasteiger partial charge is 0.469 e.